The molecule has 4 rings (SSSR count). The van der Waals surface area contributed by atoms with Gasteiger partial charge in [-0.15, -0.1) is 0 Å². The van der Waals surface area contributed by atoms with Crippen molar-refractivity contribution < 1.29 is 19.1 Å². The number of methoxy groups -OCH3 is 1. The smallest absolute Gasteiger partial charge is 0.339 e. The van der Waals surface area contributed by atoms with Gasteiger partial charge in [0.1, 0.15) is 5.41 Å². The standard InChI is InChI=1S/C32H31NO4/c1-5-37-29(34)31(2,3)32(30(35)36-4,27-21-20-23-14-12-13-19-26(23)22-27)33-28(24-15-8-6-9-16-24)25-17-10-7-11-18-25/h6-22H,5H2,1-4H3. The first kappa shape index (κ1) is 25.8. The van der Waals surface area contributed by atoms with Crippen molar-refractivity contribution in [1.29, 1.82) is 0 Å². The molecule has 0 aromatic heterocycles. The Morgan fingerprint density at radius 3 is 1.81 bits per heavy atom. The number of rotatable bonds is 8. The molecule has 4 aromatic rings. The molecule has 0 N–H and O–H groups in total. The molecule has 0 aliphatic rings. The summed E-state index contributed by atoms with van der Waals surface area (Å²) in [5, 5.41) is 1.93. The molecule has 4 aromatic carbocycles. The lowest BCUT2D eigenvalue weighted by Gasteiger charge is -2.40. The average molecular weight is 494 g/mol. The van der Waals surface area contributed by atoms with Crippen LogP contribution in [0.3, 0.4) is 0 Å². The molecule has 188 valence electrons. The van der Waals surface area contributed by atoms with Gasteiger partial charge in [-0.05, 0) is 43.2 Å². The Morgan fingerprint density at radius 1 is 0.730 bits per heavy atom. The van der Waals surface area contributed by atoms with E-state index in [9.17, 15) is 9.59 Å². The molecule has 0 bridgehead atoms. The maximum absolute atomic E-state index is 14.0. The van der Waals surface area contributed by atoms with Crippen molar-refractivity contribution in [3.05, 3.63) is 120 Å². The number of esters is 2. The van der Waals surface area contributed by atoms with Gasteiger partial charge in [-0.25, -0.2) is 4.79 Å². The van der Waals surface area contributed by atoms with E-state index >= 15 is 0 Å². The van der Waals surface area contributed by atoms with Crippen LogP contribution in [0.5, 0.6) is 0 Å². The number of hydrogen-bond acceptors (Lipinski definition) is 5. The fourth-order valence-corrected chi connectivity index (χ4v) is 4.66. The number of hydrogen-bond donors (Lipinski definition) is 0. The summed E-state index contributed by atoms with van der Waals surface area (Å²) < 4.78 is 10.9. The van der Waals surface area contributed by atoms with Crippen LogP contribution < -0.4 is 0 Å². The first-order chi connectivity index (χ1) is 17.8. The summed E-state index contributed by atoms with van der Waals surface area (Å²) in [6.45, 7) is 5.29. The lowest BCUT2D eigenvalue weighted by Crippen LogP contribution is -2.53. The highest BCUT2D eigenvalue weighted by atomic mass is 16.5. The van der Waals surface area contributed by atoms with Gasteiger partial charge in [0.15, 0.2) is 5.54 Å². The Bertz CT molecular complexity index is 1390. The lowest BCUT2D eigenvalue weighted by molar-refractivity contribution is -0.168. The Labute approximate surface area is 217 Å². The van der Waals surface area contributed by atoms with Gasteiger partial charge in [-0.1, -0.05) is 97.1 Å². The van der Waals surface area contributed by atoms with E-state index in [1.54, 1.807) is 20.8 Å². The van der Waals surface area contributed by atoms with E-state index in [2.05, 4.69) is 0 Å². The van der Waals surface area contributed by atoms with Crippen molar-refractivity contribution >= 4 is 28.4 Å². The molecule has 0 heterocycles. The van der Waals surface area contributed by atoms with Crippen molar-refractivity contribution in [2.24, 2.45) is 10.4 Å². The fraction of sp³-hybridized carbons (Fsp3) is 0.219. The summed E-state index contributed by atoms with van der Waals surface area (Å²) in [4.78, 5) is 32.7. The molecule has 0 saturated carbocycles. The van der Waals surface area contributed by atoms with E-state index in [0.717, 1.165) is 21.9 Å². The monoisotopic (exact) mass is 493 g/mol. The second kappa shape index (κ2) is 10.8. The number of carbonyl (C=O) groups excluding carboxylic acids is 2. The molecule has 0 amide bonds. The topological polar surface area (TPSA) is 65.0 Å². The summed E-state index contributed by atoms with van der Waals surface area (Å²) in [5.74, 6) is -1.19. The third-order valence-corrected chi connectivity index (χ3v) is 6.71. The molecule has 0 spiro atoms. The number of benzene rings is 4. The van der Waals surface area contributed by atoms with Crippen LogP contribution in [0.1, 0.15) is 37.5 Å². The summed E-state index contributed by atoms with van der Waals surface area (Å²) >= 11 is 0. The highest BCUT2D eigenvalue weighted by molar-refractivity contribution is 6.14. The first-order valence-corrected chi connectivity index (χ1v) is 12.3. The zero-order chi connectivity index (χ0) is 26.5. The van der Waals surface area contributed by atoms with E-state index in [-0.39, 0.29) is 6.61 Å². The van der Waals surface area contributed by atoms with Gasteiger partial charge >= 0.3 is 11.9 Å². The largest absolute Gasteiger partial charge is 0.467 e. The van der Waals surface area contributed by atoms with Crippen LogP contribution in [0.2, 0.25) is 0 Å². The summed E-state index contributed by atoms with van der Waals surface area (Å²) in [6.07, 6.45) is 0. The summed E-state index contributed by atoms with van der Waals surface area (Å²) in [6, 6.07) is 32.8. The second-order valence-corrected chi connectivity index (χ2v) is 9.30. The number of carbonyl (C=O) groups is 2. The van der Waals surface area contributed by atoms with Crippen LogP contribution in [-0.4, -0.2) is 31.4 Å². The molecule has 0 aliphatic heterocycles. The molecule has 0 aliphatic carbocycles. The van der Waals surface area contributed by atoms with Crippen LogP contribution in [0.25, 0.3) is 10.8 Å². The minimum absolute atomic E-state index is 0.172. The van der Waals surface area contributed by atoms with Crippen molar-refractivity contribution in [2.45, 2.75) is 26.3 Å². The number of fused-ring (bicyclic) bond motifs is 1. The quantitative estimate of drug-likeness (QED) is 0.212. The van der Waals surface area contributed by atoms with Crippen molar-refractivity contribution in [1.82, 2.24) is 0 Å². The third kappa shape index (κ3) is 4.77. The second-order valence-electron chi connectivity index (χ2n) is 9.30. The summed E-state index contributed by atoms with van der Waals surface area (Å²) in [5.41, 5.74) is -0.450. The Hall–Kier alpha value is -4.25. The minimum atomic E-state index is -1.75. The molecule has 37 heavy (non-hydrogen) atoms. The van der Waals surface area contributed by atoms with Crippen LogP contribution in [-0.2, 0) is 24.6 Å². The van der Waals surface area contributed by atoms with E-state index in [0.29, 0.717) is 11.3 Å². The van der Waals surface area contributed by atoms with Crippen LogP contribution in [0.15, 0.2) is 108 Å². The van der Waals surface area contributed by atoms with Gasteiger partial charge in [0.05, 0.1) is 19.4 Å². The van der Waals surface area contributed by atoms with Gasteiger partial charge in [-0.3, -0.25) is 9.79 Å². The Morgan fingerprint density at radius 2 is 1.27 bits per heavy atom. The maximum Gasteiger partial charge on any atom is 0.339 e. The molecular weight excluding hydrogens is 462 g/mol. The predicted octanol–water partition coefficient (Wildman–Crippen LogP) is 6.34. The van der Waals surface area contributed by atoms with Gasteiger partial charge in [0, 0.05) is 11.1 Å². The lowest BCUT2D eigenvalue weighted by atomic mass is 9.67. The fourth-order valence-electron chi connectivity index (χ4n) is 4.66. The molecule has 5 nitrogen and oxygen atoms in total. The van der Waals surface area contributed by atoms with Gasteiger partial charge in [-0.2, -0.15) is 0 Å². The molecule has 5 heteroatoms. The highest BCUT2D eigenvalue weighted by Crippen LogP contribution is 2.47. The van der Waals surface area contributed by atoms with E-state index in [1.807, 2.05) is 103 Å². The Kier molecular flexibility index (Phi) is 7.53. The van der Waals surface area contributed by atoms with Crippen molar-refractivity contribution in [2.75, 3.05) is 13.7 Å². The van der Waals surface area contributed by atoms with Crippen LogP contribution >= 0.6 is 0 Å². The molecular formula is C32H31NO4. The predicted molar refractivity (Wildman–Crippen MR) is 147 cm³/mol. The van der Waals surface area contributed by atoms with Crippen molar-refractivity contribution in [3.8, 4) is 0 Å². The number of aliphatic imine (C=N–C) groups is 1. The SMILES string of the molecule is CCOC(=O)C(C)(C)C(N=C(c1ccccc1)c1ccccc1)(C(=O)OC)c1ccc2ccccc2c1. The zero-order valence-electron chi connectivity index (χ0n) is 21.6. The normalized spacial score (nSPS) is 12.9. The molecule has 0 saturated heterocycles. The highest BCUT2D eigenvalue weighted by Gasteiger charge is 2.59. The van der Waals surface area contributed by atoms with Crippen molar-refractivity contribution in [3.63, 3.8) is 0 Å². The minimum Gasteiger partial charge on any atom is -0.467 e. The van der Waals surface area contributed by atoms with E-state index in [4.69, 9.17) is 14.5 Å². The van der Waals surface area contributed by atoms with Gasteiger partial charge < -0.3 is 9.47 Å². The van der Waals surface area contributed by atoms with Crippen LogP contribution in [0, 0.1) is 5.41 Å². The molecule has 1 atom stereocenters. The average Bonchev–Trinajstić information content (AvgIpc) is 2.94. The first-order valence-electron chi connectivity index (χ1n) is 12.3. The summed E-state index contributed by atoms with van der Waals surface area (Å²) in [7, 11) is 1.32. The number of ether oxygens (including phenoxy) is 2. The maximum atomic E-state index is 14.0. The van der Waals surface area contributed by atoms with Gasteiger partial charge in [0.25, 0.3) is 0 Å². The van der Waals surface area contributed by atoms with Crippen LogP contribution in [0.4, 0.5) is 0 Å². The Balaban J connectivity index is 2.14. The van der Waals surface area contributed by atoms with Gasteiger partial charge in [0.2, 0.25) is 0 Å². The molecule has 0 fully saturated rings. The third-order valence-electron chi connectivity index (χ3n) is 6.71. The molecule has 1 unspecified atom stereocenters. The zero-order valence-corrected chi connectivity index (χ0v) is 21.6. The van der Waals surface area contributed by atoms with E-state index in [1.165, 1.54) is 7.11 Å². The van der Waals surface area contributed by atoms with E-state index < -0.39 is 22.9 Å². The number of nitrogens with zero attached hydrogens (tertiary/aromatic N) is 1. The molecule has 0 radical (unpaired) electrons.